The highest BCUT2D eigenvalue weighted by Gasteiger charge is 2.22. The second-order valence-electron chi connectivity index (χ2n) is 6.85. The molecule has 0 aliphatic heterocycles. The first-order chi connectivity index (χ1) is 13.1. The van der Waals surface area contributed by atoms with Gasteiger partial charge in [-0.15, -0.1) is 0 Å². The number of aryl methyl sites for hydroxylation is 1. The lowest BCUT2D eigenvalue weighted by atomic mass is 10.1. The molecule has 3 aromatic rings. The van der Waals surface area contributed by atoms with E-state index in [1.807, 2.05) is 18.2 Å². The predicted molar refractivity (Wildman–Crippen MR) is 109 cm³/mol. The Morgan fingerprint density at radius 1 is 1.22 bits per heavy atom. The number of halogens is 2. The summed E-state index contributed by atoms with van der Waals surface area (Å²) in [5.41, 5.74) is 3.01. The van der Waals surface area contributed by atoms with Crippen molar-refractivity contribution >= 4 is 45.7 Å². The summed E-state index contributed by atoms with van der Waals surface area (Å²) in [6.45, 7) is 2.11. The second kappa shape index (κ2) is 7.49. The van der Waals surface area contributed by atoms with Gasteiger partial charge in [0.2, 0.25) is 0 Å². The van der Waals surface area contributed by atoms with E-state index in [0.29, 0.717) is 27.3 Å². The van der Waals surface area contributed by atoms with E-state index in [-0.39, 0.29) is 5.91 Å². The minimum Gasteiger partial charge on any atom is -0.319 e. The van der Waals surface area contributed by atoms with Gasteiger partial charge in [0.25, 0.3) is 5.91 Å². The number of nitrogens with one attached hydrogen (secondary N) is 1. The summed E-state index contributed by atoms with van der Waals surface area (Å²) in [4.78, 5) is 16.7. The maximum absolute atomic E-state index is 12.8. The molecule has 0 atom stereocenters. The Hall–Kier alpha value is -2.11. The molecule has 1 aliphatic rings. The minimum atomic E-state index is -0.260. The van der Waals surface area contributed by atoms with E-state index < -0.39 is 0 Å². The molecule has 0 radical (unpaired) electrons. The van der Waals surface area contributed by atoms with E-state index in [1.165, 1.54) is 25.2 Å². The van der Waals surface area contributed by atoms with Crippen LogP contribution in [-0.4, -0.2) is 20.7 Å². The molecule has 7 heteroatoms. The van der Waals surface area contributed by atoms with Gasteiger partial charge < -0.3 is 5.32 Å². The van der Waals surface area contributed by atoms with Crippen molar-refractivity contribution < 1.29 is 4.79 Å². The van der Waals surface area contributed by atoms with Crippen LogP contribution in [0.1, 0.15) is 54.7 Å². The molecular weight excluding hydrogens is 383 g/mol. The Bertz CT molecular complexity index is 988. The molecule has 1 N–H and O–H groups in total. The smallest absolute Gasteiger partial charge is 0.255 e. The standard InChI is InChI=1S/C20H20Cl2N4O/c1-2-17-14-8-7-12(9-18(14)26(25-17)13-5-3-4-6-13)20(27)24-19-15(21)10-23-11-16(19)22/h7-11,13H,2-6H2,1H3,(H,23,24,27). The third-order valence-electron chi connectivity index (χ3n) is 5.14. The van der Waals surface area contributed by atoms with Crippen LogP contribution < -0.4 is 5.32 Å². The van der Waals surface area contributed by atoms with Crippen LogP contribution in [0.15, 0.2) is 30.6 Å². The Labute approximate surface area is 167 Å². The molecule has 5 nitrogen and oxygen atoms in total. The number of benzene rings is 1. The van der Waals surface area contributed by atoms with Gasteiger partial charge >= 0.3 is 0 Å². The third-order valence-corrected chi connectivity index (χ3v) is 5.72. The maximum Gasteiger partial charge on any atom is 0.255 e. The molecule has 1 aliphatic carbocycles. The van der Waals surface area contributed by atoms with E-state index >= 15 is 0 Å². The number of carbonyl (C=O) groups excluding carboxylic acids is 1. The van der Waals surface area contributed by atoms with Crippen LogP contribution >= 0.6 is 23.2 Å². The van der Waals surface area contributed by atoms with Crippen LogP contribution in [-0.2, 0) is 6.42 Å². The van der Waals surface area contributed by atoms with Gasteiger partial charge in [0.1, 0.15) is 0 Å². The summed E-state index contributed by atoms with van der Waals surface area (Å²) in [6, 6.07) is 6.13. The van der Waals surface area contributed by atoms with Crippen molar-refractivity contribution in [2.45, 2.75) is 45.1 Å². The van der Waals surface area contributed by atoms with Crippen molar-refractivity contribution in [1.29, 1.82) is 0 Å². The van der Waals surface area contributed by atoms with Crippen LogP contribution in [0.3, 0.4) is 0 Å². The number of amides is 1. The Kier molecular flexibility index (Phi) is 5.06. The predicted octanol–water partition coefficient (Wildman–Crippen LogP) is 5.67. The van der Waals surface area contributed by atoms with Gasteiger partial charge in [-0.1, -0.05) is 49.0 Å². The van der Waals surface area contributed by atoms with Crippen LogP contribution in [0.5, 0.6) is 0 Å². The fraction of sp³-hybridized carbons (Fsp3) is 0.350. The maximum atomic E-state index is 12.8. The number of fused-ring (bicyclic) bond motifs is 1. The number of pyridine rings is 1. The van der Waals surface area contributed by atoms with E-state index in [2.05, 4.69) is 21.9 Å². The van der Waals surface area contributed by atoms with E-state index in [4.69, 9.17) is 28.3 Å². The fourth-order valence-corrected chi connectivity index (χ4v) is 4.21. The molecule has 0 unspecified atom stereocenters. The molecule has 1 aromatic carbocycles. The third kappa shape index (κ3) is 3.42. The first-order valence-electron chi connectivity index (χ1n) is 9.20. The monoisotopic (exact) mass is 402 g/mol. The quantitative estimate of drug-likeness (QED) is 0.611. The topological polar surface area (TPSA) is 59.8 Å². The summed E-state index contributed by atoms with van der Waals surface area (Å²) in [6.07, 6.45) is 8.50. The van der Waals surface area contributed by atoms with Crippen molar-refractivity contribution in [3.8, 4) is 0 Å². The average Bonchev–Trinajstić information content (AvgIpc) is 3.31. The first-order valence-corrected chi connectivity index (χ1v) is 9.95. The van der Waals surface area contributed by atoms with Gasteiger partial charge in [0.15, 0.2) is 0 Å². The largest absolute Gasteiger partial charge is 0.319 e. The van der Waals surface area contributed by atoms with Crippen LogP contribution in [0, 0.1) is 0 Å². The number of anilines is 1. The lowest BCUT2D eigenvalue weighted by molar-refractivity contribution is 0.102. The van der Waals surface area contributed by atoms with Gasteiger partial charge in [-0.2, -0.15) is 5.10 Å². The number of hydrogen-bond acceptors (Lipinski definition) is 3. The van der Waals surface area contributed by atoms with E-state index in [9.17, 15) is 4.79 Å². The molecule has 27 heavy (non-hydrogen) atoms. The highest BCUT2D eigenvalue weighted by atomic mass is 35.5. The zero-order valence-electron chi connectivity index (χ0n) is 15.0. The summed E-state index contributed by atoms with van der Waals surface area (Å²) in [5, 5.41) is 9.36. The van der Waals surface area contributed by atoms with Crippen LogP contribution in [0.4, 0.5) is 5.69 Å². The summed E-state index contributed by atoms with van der Waals surface area (Å²) >= 11 is 12.2. The summed E-state index contributed by atoms with van der Waals surface area (Å²) in [5.74, 6) is -0.260. The first kappa shape index (κ1) is 18.3. The molecule has 2 heterocycles. The highest BCUT2D eigenvalue weighted by molar-refractivity contribution is 6.39. The molecule has 0 spiro atoms. The summed E-state index contributed by atoms with van der Waals surface area (Å²) in [7, 11) is 0. The SMILES string of the molecule is CCc1nn(C2CCCC2)c2cc(C(=O)Nc3c(Cl)cncc3Cl)ccc12. The average molecular weight is 403 g/mol. The number of carbonyl (C=O) groups is 1. The number of aromatic nitrogens is 3. The molecular formula is C20H20Cl2N4O. The number of hydrogen-bond donors (Lipinski definition) is 1. The number of rotatable bonds is 4. The van der Waals surface area contributed by atoms with E-state index in [1.54, 1.807) is 0 Å². The lowest BCUT2D eigenvalue weighted by Crippen LogP contribution is -2.13. The zero-order chi connectivity index (χ0) is 19.0. The number of nitrogens with zero attached hydrogens (tertiary/aromatic N) is 3. The molecule has 140 valence electrons. The van der Waals surface area contributed by atoms with Gasteiger partial charge in [-0.25, -0.2) is 0 Å². The molecule has 0 bridgehead atoms. The minimum absolute atomic E-state index is 0.260. The van der Waals surface area contributed by atoms with Crippen LogP contribution in [0.25, 0.3) is 10.9 Å². The molecule has 4 rings (SSSR count). The van der Waals surface area contributed by atoms with Gasteiger partial charge in [0.05, 0.1) is 33.0 Å². The normalized spacial score (nSPS) is 14.8. The molecule has 2 aromatic heterocycles. The summed E-state index contributed by atoms with van der Waals surface area (Å²) < 4.78 is 2.12. The molecule has 0 saturated heterocycles. The van der Waals surface area contributed by atoms with Gasteiger partial charge in [-0.05, 0) is 31.4 Å². The van der Waals surface area contributed by atoms with Gasteiger partial charge in [-0.3, -0.25) is 14.5 Å². The lowest BCUT2D eigenvalue weighted by Gasteiger charge is -2.12. The van der Waals surface area contributed by atoms with E-state index in [0.717, 1.165) is 35.9 Å². The Morgan fingerprint density at radius 3 is 2.59 bits per heavy atom. The highest BCUT2D eigenvalue weighted by Crippen LogP contribution is 2.34. The van der Waals surface area contributed by atoms with Gasteiger partial charge in [0, 0.05) is 23.3 Å². The van der Waals surface area contributed by atoms with Crippen LogP contribution in [0.2, 0.25) is 10.0 Å². The molecule has 1 amide bonds. The van der Waals surface area contributed by atoms with Crippen molar-refractivity contribution in [2.75, 3.05) is 5.32 Å². The van der Waals surface area contributed by atoms with Crippen molar-refractivity contribution in [1.82, 2.24) is 14.8 Å². The van der Waals surface area contributed by atoms with Crippen molar-refractivity contribution in [3.63, 3.8) is 0 Å². The Morgan fingerprint density at radius 2 is 1.93 bits per heavy atom. The molecule has 1 fully saturated rings. The fourth-order valence-electron chi connectivity index (χ4n) is 3.75. The Balaban J connectivity index is 1.72. The molecule has 1 saturated carbocycles. The van der Waals surface area contributed by atoms with Crippen molar-refractivity contribution in [3.05, 3.63) is 51.9 Å². The second-order valence-corrected chi connectivity index (χ2v) is 7.66. The van der Waals surface area contributed by atoms with Crippen molar-refractivity contribution in [2.24, 2.45) is 0 Å². The zero-order valence-corrected chi connectivity index (χ0v) is 16.5.